The molecule has 0 heterocycles. The van der Waals surface area contributed by atoms with Crippen molar-refractivity contribution in [3.63, 3.8) is 0 Å². The van der Waals surface area contributed by atoms with E-state index in [1.54, 1.807) is 0 Å². The van der Waals surface area contributed by atoms with Gasteiger partial charge in [-0.05, 0) is 43.6 Å². The number of rotatable bonds is 4. The van der Waals surface area contributed by atoms with Gasteiger partial charge in [-0.2, -0.15) is 0 Å². The van der Waals surface area contributed by atoms with Crippen LogP contribution in [0.3, 0.4) is 0 Å². The van der Waals surface area contributed by atoms with Gasteiger partial charge in [-0.3, -0.25) is 0 Å². The molecule has 0 aromatic rings. The van der Waals surface area contributed by atoms with Crippen molar-refractivity contribution in [2.75, 3.05) is 13.1 Å². The highest BCUT2D eigenvalue weighted by Gasteiger charge is 2.26. The Morgan fingerprint density at radius 1 is 0.938 bits per heavy atom. The highest BCUT2D eigenvalue weighted by Crippen LogP contribution is 2.29. The number of hydrogen-bond donors (Lipinski definition) is 2. The molecular weight excluding hydrogens is 198 g/mol. The summed E-state index contributed by atoms with van der Waals surface area (Å²) < 4.78 is 0. The van der Waals surface area contributed by atoms with Gasteiger partial charge in [0.1, 0.15) is 0 Å². The number of aliphatic hydroxyl groups excluding tert-OH is 1. The average molecular weight is 225 g/mol. The van der Waals surface area contributed by atoms with Crippen molar-refractivity contribution in [2.45, 2.75) is 58.0 Å². The molecule has 2 nitrogen and oxygen atoms in total. The first-order valence-electron chi connectivity index (χ1n) is 7.16. The lowest BCUT2D eigenvalue weighted by Crippen LogP contribution is -2.34. The fraction of sp³-hybridized carbons (Fsp3) is 1.00. The van der Waals surface area contributed by atoms with Crippen LogP contribution < -0.4 is 5.32 Å². The van der Waals surface area contributed by atoms with Crippen LogP contribution in [-0.2, 0) is 0 Å². The molecule has 4 unspecified atom stereocenters. The zero-order chi connectivity index (χ0) is 11.4. The SMILES string of the molecule is CC1CCCCC1CNCC1CCCC1O. The standard InChI is InChI=1S/C14H27NO/c1-11-5-2-3-6-12(11)9-15-10-13-7-4-8-14(13)16/h11-16H,2-10H2,1H3. The summed E-state index contributed by atoms with van der Waals surface area (Å²) in [6, 6.07) is 0. The molecule has 2 saturated carbocycles. The van der Waals surface area contributed by atoms with Crippen LogP contribution in [0.15, 0.2) is 0 Å². The van der Waals surface area contributed by atoms with Crippen molar-refractivity contribution in [3.8, 4) is 0 Å². The van der Waals surface area contributed by atoms with Crippen molar-refractivity contribution in [1.82, 2.24) is 5.32 Å². The number of nitrogens with one attached hydrogen (secondary N) is 1. The molecule has 2 heteroatoms. The molecule has 16 heavy (non-hydrogen) atoms. The van der Waals surface area contributed by atoms with E-state index in [-0.39, 0.29) is 6.10 Å². The normalized spacial score (nSPS) is 40.1. The van der Waals surface area contributed by atoms with E-state index in [2.05, 4.69) is 12.2 Å². The Balaban J connectivity index is 1.63. The summed E-state index contributed by atoms with van der Waals surface area (Å²) in [6.45, 7) is 4.60. The molecule has 0 saturated heterocycles. The summed E-state index contributed by atoms with van der Waals surface area (Å²) in [4.78, 5) is 0. The minimum Gasteiger partial charge on any atom is -0.393 e. The fourth-order valence-corrected chi connectivity index (χ4v) is 3.41. The first-order valence-corrected chi connectivity index (χ1v) is 7.16. The largest absolute Gasteiger partial charge is 0.393 e. The minimum atomic E-state index is -0.0312. The van der Waals surface area contributed by atoms with Gasteiger partial charge in [0.05, 0.1) is 6.10 Å². The summed E-state index contributed by atoms with van der Waals surface area (Å²) in [5, 5.41) is 13.3. The van der Waals surface area contributed by atoms with Crippen LogP contribution in [-0.4, -0.2) is 24.3 Å². The van der Waals surface area contributed by atoms with Crippen LogP contribution in [0.1, 0.15) is 51.9 Å². The molecule has 4 atom stereocenters. The molecule has 0 aromatic heterocycles. The van der Waals surface area contributed by atoms with Gasteiger partial charge >= 0.3 is 0 Å². The Morgan fingerprint density at radius 2 is 1.62 bits per heavy atom. The highest BCUT2D eigenvalue weighted by molar-refractivity contribution is 4.80. The van der Waals surface area contributed by atoms with Gasteiger partial charge < -0.3 is 10.4 Å². The first kappa shape index (κ1) is 12.4. The molecule has 2 aliphatic rings. The van der Waals surface area contributed by atoms with E-state index in [9.17, 15) is 5.11 Å². The Bertz CT molecular complexity index is 207. The summed E-state index contributed by atoms with van der Waals surface area (Å²) in [6.07, 6.45) is 9.09. The second kappa shape index (κ2) is 6.02. The summed E-state index contributed by atoms with van der Waals surface area (Å²) in [7, 11) is 0. The molecule has 0 aliphatic heterocycles. The van der Waals surface area contributed by atoms with E-state index in [0.29, 0.717) is 5.92 Å². The van der Waals surface area contributed by atoms with Crippen LogP contribution >= 0.6 is 0 Å². The maximum atomic E-state index is 9.74. The minimum absolute atomic E-state index is 0.0312. The Morgan fingerprint density at radius 3 is 2.31 bits per heavy atom. The Labute approximate surface area is 99.8 Å². The Hall–Kier alpha value is -0.0800. The van der Waals surface area contributed by atoms with Crippen molar-refractivity contribution >= 4 is 0 Å². The molecule has 2 N–H and O–H groups in total. The van der Waals surface area contributed by atoms with E-state index in [1.807, 2.05) is 0 Å². The average Bonchev–Trinajstić information content (AvgIpc) is 2.67. The molecule has 2 rings (SSSR count). The summed E-state index contributed by atoms with van der Waals surface area (Å²) in [5.74, 6) is 2.31. The highest BCUT2D eigenvalue weighted by atomic mass is 16.3. The van der Waals surface area contributed by atoms with E-state index in [0.717, 1.165) is 24.8 Å². The lowest BCUT2D eigenvalue weighted by atomic mass is 9.80. The summed E-state index contributed by atoms with van der Waals surface area (Å²) >= 11 is 0. The second-order valence-electron chi connectivity index (χ2n) is 5.94. The van der Waals surface area contributed by atoms with Crippen LogP contribution in [0.4, 0.5) is 0 Å². The monoisotopic (exact) mass is 225 g/mol. The van der Waals surface area contributed by atoms with Crippen molar-refractivity contribution in [3.05, 3.63) is 0 Å². The predicted molar refractivity (Wildman–Crippen MR) is 67.3 cm³/mol. The van der Waals surface area contributed by atoms with Gasteiger partial charge in [0.2, 0.25) is 0 Å². The zero-order valence-electron chi connectivity index (χ0n) is 10.6. The van der Waals surface area contributed by atoms with Crippen LogP contribution in [0, 0.1) is 17.8 Å². The topological polar surface area (TPSA) is 32.3 Å². The smallest absolute Gasteiger partial charge is 0.0580 e. The van der Waals surface area contributed by atoms with Gasteiger partial charge in [-0.1, -0.05) is 32.6 Å². The van der Waals surface area contributed by atoms with E-state index in [4.69, 9.17) is 0 Å². The maximum absolute atomic E-state index is 9.74. The number of aliphatic hydroxyl groups is 1. The molecule has 0 amide bonds. The molecule has 0 radical (unpaired) electrons. The lowest BCUT2D eigenvalue weighted by Gasteiger charge is -2.29. The van der Waals surface area contributed by atoms with Gasteiger partial charge in [0, 0.05) is 6.54 Å². The first-order chi connectivity index (χ1) is 7.77. The van der Waals surface area contributed by atoms with Crippen molar-refractivity contribution in [2.24, 2.45) is 17.8 Å². The van der Waals surface area contributed by atoms with E-state index in [1.165, 1.54) is 45.1 Å². The molecular formula is C14H27NO. The van der Waals surface area contributed by atoms with Gasteiger partial charge in [0.15, 0.2) is 0 Å². The third-order valence-electron chi connectivity index (χ3n) is 4.72. The molecule has 2 aliphatic carbocycles. The zero-order valence-corrected chi connectivity index (χ0v) is 10.6. The summed E-state index contributed by atoms with van der Waals surface area (Å²) in [5.41, 5.74) is 0. The number of hydrogen-bond acceptors (Lipinski definition) is 2. The maximum Gasteiger partial charge on any atom is 0.0580 e. The molecule has 2 fully saturated rings. The molecule has 94 valence electrons. The predicted octanol–water partition coefficient (Wildman–Crippen LogP) is 2.56. The third-order valence-corrected chi connectivity index (χ3v) is 4.72. The molecule has 0 bridgehead atoms. The van der Waals surface area contributed by atoms with Crippen molar-refractivity contribution in [1.29, 1.82) is 0 Å². The van der Waals surface area contributed by atoms with E-state index >= 15 is 0 Å². The van der Waals surface area contributed by atoms with E-state index < -0.39 is 0 Å². The Kier molecular flexibility index (Phi) is 4.66. The van der Waals surface area contributed by atoms with Gasteiger partial charge in [0.25, 0.3) is 0 Å². The van der Waals surface area contributed by atoms with Crippen molar-refractivity contribution < 1.29 is 5.11 Å². The van der Waals surface area contributed by atoms with Gasteiger partial charge in [-0.15, -0.1) is 0 Å². The van der Waals surface area contributed by atoms with Crippen LogP contribution in [0.2, 0.25) is 0 Å². The third kappa shape index (κ3) is 3.21. The fourth-order valence-electron chi connectivity index (χ4n) is 3.41. The lowest BCUT2D eigenvalue weighted by molar-refractivity contribution is 0.129. The van der Waals surface area contributed by atoms with Crippen LogP contribution in [0.5, 0.6) is 0 Å². The van der Waals surface area contributed by atoms with Gasteiger partial charge in [-0.25, -0.2) is 0 Å². The second-order valence-corrected chi connectivity index (χ2v) is 5.94. The molecule has 0 aromatic carbocycles. The molecule has 0 spiro atoms. The van der Waals surface area contributed by atoms with Crippen LogP contribution in [0.25, 0.3) is 0 Å². The quantitative estimate of drug-likeness (QED) is 0.770.